The Bertz CT molecular complexity index is 585. The molecule has 1 aromatic rings. The Morgan fingerprint density at radius 2 is 2.00 bits per heavy atom. The normalized spacial score (nSPS) is 24.0. The summed E-state index contributed by atoms with van der Waals surface area (Å²) in [6.45, 7) is 2.54. The van der Waals surface area contributed by atoms with E-state index < -0.39 is 12.0 Å². The van der Waals surface area contributed by atoms with Crippen molar-refractivity contribution >= 4 is 11.9 Å². The number of fused-ring (bicyclic) bond motifs is 1. The minimum Gasteiger partial charge on any atom is -0.486 e. The smallest absolute Gasteiger partial charge is 0.325 e. The summed E-state index contributed by atoms with van der Waals surface area (Å²) in [6.07, 6.45) is 0.734. The van der Waals surface area contributed by atoms with Crippen LogP contribution in [0.4, 0.5) is 0 Å². The maximum atomic E-state index is 12.0. The topological polar surface area (TPSA) is 84.9 Å². The van der Waals surface area contributed by atoms with E-state index in [9.17, 15) is 9.59 Å². The first-order chi connectivity index (χ1) is 10.1. The van der Waals surface area contributed by atoms with Gasteiger partial charge in [-0.2, -0.15) is 0 Å². The van der Waals surface area contributed by atoms with E-state index in [0.717, 1.165) is 17.7 Å². The van der Waals surface area contributed by atoms with E-state index >= 15 is 0 Å². The zero-order valence-electron chi connectivity index (χ0n) is 11.7. The summed E-state index contributed by atoms with van der Waals surface area (Å²) in [6, 6.07) is 4.84. The lowest BCUT2D eigenvalue weighted by Gasteiger charge is -2.18. The molecule has 0 bridgehead atoms. The van der Waals surface area contributed by atoms with Crippen LogP contribution in [0.5, 0.6) is 11.5 Å². The van der Waals surface area contributed by atoms with Crippen molar-refractivity contribution in [2.45, 2.75) is 25.3 Å². The molecule has 2 N–H and O–H groups in total. The fraction of sp³-hybridized carbons (Fsp3) is 0.467. The number of hydrogen-bond acceptors (Lipinski definition) is 4. The number of benzene rings is 1. The van der Waals surface area contributed by atoms with E-state index in [1.807, 2.05) is 18.2 Å². The molecular weight excluding hydrogens is 274 g/mol. The van der Waals surface area contributed by atoms with Crippen LogP contribution in [0.15, 0.2) is 18.2 Å². The Balaban J connectivity index is 1.65. The third-order valence-electron chi connectivity index (χ3n) is 3.85. The van der Waals surface area contributed by atoms with Gasteiger partial charge in [0.1, 0.15) is 19.3 Å². The van der Waals surface area contributed by atoms with Crippen molar-refractivity contribution in [1.82, 2.24) is 5.32 Å². The lowest BCUT2D eigenvalue weighted by atomic mass is 10.1. The van der Waals surface area contributed by atoms with Crippen molar-refractivity contribution in [3.63, 3.8) is 0 Å². The molecule has 1 heterocycles. The van der Waals surface area contributed by atoms with Gasteiger partial charge in [0.2, 0.25) is 5.91 Å². The molecule has 0 spiro atoms. The first kappa shape index (κ1) is 13.7. The summed E-state index contributed by atoms with van der Waals surface area (Å²) < 4.78 is 11.0. The Labute approximate surface area is 122 Å². The third-order valence-corrected chi connectivity index (χ3v) is 3.85. The Morgan fingerprint density at radius 3 is 2.71 bits per heavy atom. The second kappa shape index (κ2) is 5.27. The van der Waals surface area contributed by atoms with E-state index in [0.29, 0.717) is 19.0 Å². The van der Waals surface area contributed by atoms with Crippen LogP contribution in [-0.4, -0.2) is 36.2 Å². The SMILES string of the molecule is C[C@@H](NC(=O)[C@@H]1C[C@@H]1c1ccc2c(c1)OCCO2)C(=O)O. The van der Waals surface area contributed by atoms with Crippen molar-refractivity contribution in [3.05, 3.63) is 23.8 Å². The monoisotopic (exact) mass is 291 g/mol. The number of carbonyl (C=O) groups is 2. The average molecular weight is 291 g/mol. The Kier molecular flexibility index (Phi) is 3.45. The molecule has 0 aromatic heterocycles. The zero-order chi connectivity index (χ0) is 15.0. The van der Waals surface area contributed by atoms with Gasteiger partial charge in [0.15, 0.2) is 11.5 Å². The first-order valence-electron chi connectivity index (χ1n) is 6.99. The molecule has 1 aliphatic heterocycles. The van der Waals surface area contributed by atoms with Crippen LogP contribution < -0.4 is 14.8 Å². The molecule has 1 fully saturated rings. The lowest BCUT2D eigenvalue weighted by molar-refractivity contribution is -0.141. The minimum atomic E-state index is -1.03. The summed E-state index contributed by atoms with van der Waals surface area (Å²) in [5.74, 6) is 0.177. The molecule has 112 valence electrons. The Morgan fingerprint density at radius 1 is 1.29 bits per heavy atom. The second-order valence-electron chi connectivity index (χ2n) is 5.42. The second-order valence-corrected chi connectivity index (χ2v) is 5.42. The molecule has 6 heteroatoms. The first-order valence-corrected chi connectivity index (χ1v) is 6.99. The molecule has 3 rings (SSSR count). The van der Waals surface area contributed by atoms with Crippen LogP contribution in [-0.2, 0) is 9.59 Å². The number of ether oxygens (including phenoxy) is 2. The molecule has 0 radical (unpaired) electrons. The van der Waals surface area contributed by atoms with E-state index in [1.54, 1.807) is 0 Å². The van der Waals surface area contributed by atoms with Crippen molar-refractivity contribution in [2.24, 2.45) is 5.92 Å². The van der Waals surface area contributed by atoms with Crippen LogP contribution in [0.1, 0.15) is 24.8 Å². The predicted octanol–water partition coefficient (Wildman–Crippen LogP) is 1.15. The molecule has 1 aliphatic carbocycles. The molecule has 0 saturated heterocycles. The minimum absolute atomic E-state index is 0.127. The maximum absolute atomic E-state index is 12.0. The summed E-state index contributed by atoms with van der Waals surface area (Å²) in [5.41, 5.74) is 1.03. The van der Waals surface area contributed by atoms with Gasteiger partial charge >= 0.3 is 5.97 Å². The number of rotatable bonds is 4. The number of amides is 1. The van der Waals surface area contributed by atoms with Gasteiger partial charge in [0.05, 0.1) is 0 Å². The van der Waals surface area contributed by atoms with Gasteiger partial charge < -0.3 is 19.9 Å². The fourth-order valence-corrected chi connectivity index (χ4v) is 2.53. The van der Waals surface area contributed by atoms with Crippen LogP contribution in [0.25, 0.3) is 0 Å². The number of carbonyl (C=O) groups excluding carboxylic acids is 1. The standard InChI is InChI=1S/C15H17NO5/c1-8(15(18)19)16-14(17)11-7-10(11)9-2-3-12-13(6-9)21-5-4-20-12/h2-3,6,8,10-11H,4-5,7H2,1H3,(H,16,17)(H,18,19)/t8-,10-,11-/m1/s1. The molecule has 0 unspecified atom stereocenters. The number of aliphatic carboxylic acids is 1. The maximum Gasteiger partial charge on any atom is 0.325 e. The predicted molar refractivity (Wildman–Crippen MR) is 73.5 cm³/mol. The molecule has 3 atom stereocenters. The molecule has 21 heavy (non-hydrogen) atoms. The average Bonchev–Trinajstić information content (AvgIpc) is 3.27. The third kappa shape index (κ3) is 2.79. The molecule has 1 amide bonds. The van der Waals surface area contributed by atoms with Crippen LogP contribution in [0.2, 0.25) is 0 Å². The summed E-state index contributed by atoms with van der Waals surface area (Å²) >= 11 is 0. The van der Waals surface area contributed by atoms with E-state index in [-0.39, 0.29) is 17.7 Å². The summed E-state index contributed by atoms with van der Waals surface area (Å²) in [4.78, 5) is 22.7. The van der Waals surface area contributed by atoms with Crippen molar-refractivity contribution in [3.8, 4) is 11.5 Å². The van der Waals surface area contributed by atoms with Gasteiger partial charge in [-0.3, -0.25) is 9.59 Å². The molecule has 2 aliphatic rings. The molecule has 6 nitrogen and oxygen atoms in total. The van der Waals surface area contributed by atoms with Gasteiger partial charge in [0, 0.05) is 5.92 Å². The molecule has 1 saturated carbocycles. The van der Waals surface area contributed by atoms with E-state index in [4.69, 9.17) is 14.6 Å². The molecule has 1 aromatic carbocycles. The van der Waals surface area contributed by atoms with Crippen LogP contribution >= 0.6 is 0 Å². The van der Waals surface area contributed by atoms with Gasteiger partial charge in [-0.05, 0) is 37.0 Å². The van der Waals surface area contributed by atoms with E-state index in [1.165, 1.54) is 6.92 Å². The Hall–Kier alpha value is -2.24. The summed E-state index contributed by atoms with van der Waals surface area (Å²) in [7, 11) is 0. The van der Waals surface area contributed by atoms with Gasteiger partial charge in [-0.15, -0.1) is 0 Å². The highest BCUT2D eigenvalue weighted by Crippen LogP contribution is 2.49. The number of hydrogen-bond donors (Lipinski definition) is 2. The van der Waals surface area contributed by atoms with Crippen molar-refractivity contribution < 1.29 is 24.2 Å². The highest BCUT2D eigenvalue weighted by Gasteiger charge is 2.44. The molecular formula is C15H17NO5. The fourth-order valence-electron chi connectivity index (χ4n) is 2.53. The van der Waals surface area contributed by atoms with Crippen molar-refractivity contribution in [1.29, 1.82) is 0 Å². The number of carboxylic acid groups (broad SMARTS) is 1. The number of carboxylic acids is 1. The van der Waals surface area contributed by atoms with Crippen LogP contribution in [0, 0.1) is 5.92 Å². The van der Waals surface area contributed by atoms with E-state index in [2.05, 4.69) is 5.32 Å². The lowest BCUT2D eigenvalue weighted by Crippen LogP contribution is -2.39. The van der Waals surface area contributed by atoms with Gasteiger partial charge in [-0.25, -0.2) is 0 Å². The highest BCUT2D eigenvalue weighted by atomic mass is 16.6. The quantitative estimate of drug-likeness (QED) is 0.869. The number of nitrogens with one attached hydrogen (secondary N) is 1. The van der Waals surface area contributed by atoms with Gasteiger partial charge in [0.25, 0.3) is 0 Å². The van der Waals surface area contributed by atoms with Gasteiger partial charge in [-0.1, -0.05) is 6.07 Å². The largest absolute Gasteiger partial charge is 0.486 e. The van der Waals surface area contributed by atoms with Crippen LogP contribution in [0.3, 0.4) is 0 Å². The zero-order valence-corrected chi connectivity index (χ0v) is 11.7. The van der Waals surface area contributed by atoms with Crippen molar-refractivity contribution in [2.75, 3.05) is 13.2 Å². The highest BCUT2D eigenvalue weighted by molar-refractivity contribution is 5.87. The summed E-state index contributed by atoms with van der Waals surface area (Å²) in [5, 5.41) is 11.3.